The second kappa shape index (κ2) is 18.8. The van der Waals surface area contributed by atoms with E-state index in [1.54, 1.807) is 37.3 Å². The number of carboxylic acid groups (broad SMARTS) is 1. The molecule has 0 radical (unpaired) electrons. The first-order valence-electron chi connectivity index (χ1n) is 18.6. The number of nitrogens with one attached hydrogen (secondary N) is 2. The van der Waals surface area contributed by atoms with Crippen LogP contribution in [0.5, 0.6) is 5.75 Å². The number of hydrogen-bond donors (Lipinski definition) is 3. The van der Waals surface area contributed by atoms with Crippen molar-refractivity contribution in [1.82, 2.24) is 35.5 Å². The molecule has 0 spiro atoms. The molecule has 0 saturated carbocycles. The van der Waals surface area contributed by atoms with Gasteiger partial charge in [-0.2, -0.15) is 18.3 Å². The van der Waals surface area contributed by atoms with Crippen LogP contribution in [0, 0.1) is 11.6 Å². The summed E-state index contributed by atoms with van der Waals surface area (Å²) in [5.74, 6) is -6.90. The summed E-state index contributed by atoms with van der Waals surface area (Å²) in [5.41, 5.74) is -1.28. The zero-order valence-electron chi connectivity index (χ0n) is 32.3. The van der Waals surface area contributed by atoms with Crippen LogP contribution in [0.15, 0.2) is 89.7 Å². The molecule has 0 aliphatic carbocycles. The first-order chi connectivity index (χ1) is 29.1. The zero-order valence-corrected chi connectivity index (χ0v) is 32.3. The molecule has 2 amide bonds. The number of benzene rings is 3. The van der Waals surface area contributed by atoms with Gasteiger partial charge in [-0.25, -0.2) is 33.0 Å². The number of fused-ring (bicyclic) bond motifs is 1. The minimum absolute atomic E-state index is 0.0128. The van der Waals surface area contributed by atoms with Gasteiger partial charge in [0.1, 0.15) is 41.5 Å². The van der Waals surface area contributed by atoms with Crippen molar-refractivity contribution in [3.8, 4) is 39.8 Å². The van der Waals surface area contributed by atoms with Gasteiger partial charge in [0.05, 0.1) is 36.5 Å². The van der Waals surface area contributed by atoms with E-state index in [1.165, 1.54) is 31.3 Å². The maximum absolute atomic E-state index is 14.6. The zero-order chi connectivity index (χ0) is 43.8. The fraction of sp³-hybridized carbons (Fsp3) is 0.268. The van der Waals surface area contributed by atoms with Crippen LogP contribution in [0.25, 0.3) is 34.0 Å². The molecule has 3 heterocycles. The fourth-order valence-electron chi connectivity index (χ4n) is 6.02. The fourth-order valence-corrected chi connectivity index (χ4v) is 6.02. The van der Waals surface area contributed by atoms with Crippen molar-refractivity contribution in [2.75, 3.05) is 13.2 Å². The van der Waals surface area contributed by atoms with Gasteiger partial charge >= 0.3 is 18.1 Å². The van der Waals surface area contributed by atoms with Gasteiger partial charge in [0.25, 0.3) is 0 Å². The first-order valence-corrected chi connectivity index (χ1v) is 18.6. The first kappa shape index (κ1) is 43.3. The number of carbonyl (C=O) groups excluding carboxylic acids is 3. The van der Waals surface area contributed by atoms with Crippen LogP contribution >= 0.6 is 0 Å². The summed E-state index contributed by atoms with van der Waals surface area (Å²) in [5, 5.41) is 22.4. The van der Waals surface area contributed by atoms with Gasteiger partial charge < -0.3 is 29.7 Å². The predicted octanol–water partition coefficient (Wildman–Crippen LogP) is 6.03. The highest BCUT2D eigenvalue weighted by Crippen LogP contribution is 2.40. The molecule has 318 valence electrons. The van der Waals surface area contributed by atoms with Crippen LogP contribution in [-0.4, -0.2) is 79.1 Å². The number of carbonyl (C=O) groups is 4. The second-order valence-electron chi connectivity index (χ2n) is 13.5. The molecule has 20 heteroatoms. The molecular weight excluding hydrogens is 813 g/mol. The number of aliphatic carboxylic acids is 1. The van der Waals surface area contributed by atoms with Crippen molar-refractivity contribution in [1.29, 1.82) is 0 Å². The van der Waals surface area contributed by atoms with E-state index in [2.05, 4.69) is 30.9 Å². The third-order valence-corrected chi connectivity index (χ3v) is 9.05. The lowest BCUT2D eigenvalue weighted by atomic mass is 10.0. The molecule has 1 unspecified atom stereocenters. The molecule has 2 aliphatic heterocycles. The molecule has 6 rings (SSSR count). The van der Waals surface area contributed by atoms with Gasteiger partial charge in [0, 0.05) is 18.1 Å². The average molecular weight is 850 g/mol. The SMILES string of the molecule is CCCOc1ccc(-c2cc(C(C(=O)OCCC(=O)N[C@@H](C)C(=O)N[C@@H](Cc3ccccc3)C(=O)O)n3cc4nc(-c5cccc(F)c5F)nc-4cn3)on2)c(C(F)(F)F)c1. The number of ether oxygens (including phenoxy) is 2. The summed E-state index contributed by atoms with van der Waals surface area (Å²) >= 11 is 0. The highest BCUT2D eigenvalue weighted by molar-refractivity contribution is 5.90. The number of amides is 2. The molecular formula is C41H36F5N7O8. The molecule has 3 atom stereocenters. The van der Waals surface area contributed by atoms with Crippen molar-refractivity contribution in [2.45, 2.75) is 57.4 Å². The van der Waals surface area contributed by atoms with Crippen LogP contribution in [0.4, 0.5) is 22.0 Å². The standard InChI is InChI=1S/C41H36F5N7O8/c1-3-15-59-24-12-13-25(27(18-24)41(44,45)46)29-19-33(61-52-29)36(53-21-32-31(20-47-53)49-37(50-32)26-10-7-11-28(42)35(26)43)40(58)60-16-14-34(54)48-22(2)38(55)51-30(39(56)57)17-23-8-5-4-6-9-23/h4-13,18-22,30,36H,3,14-17H2,1-2H3,(H,48,54)(H,51,55)(H,56,57)/t22-,30-,36?/m0/s1. The Morgan fingerprint density at radius 3 is 2.38 bits per heavy atom. The lowest BCUT2D eigenvalue weighted by Gasteiger charge is -2.19. The second-order valence-corrected chi connectivity index (χ2v) is 13.5. The van der Waals surface area contributed by atoms with Crippen LogP contribution in [0.2, 0.25) is 0 Å². The van der Waals surface area contributed by atoms with Gasteiger partial charge in [-0.05, 0) is 49.2 Å². The molecule has 0 fully saturated rings. The number of imidazole rings is 1. The number of aromatic nitrogens is 5. The average Bonchev–Trinajstić information content (AvgIpc) is 3.88. The third kappa shape index (κ3) is 10.5. The molecule has 2 aliphatic rings. The number of alkyl halides is 3. The number of hydrogen-bond acceptors (Lipinski definition) is 11. The largest absolute Gasteiger partial charge is 0.494 e. The van der Waals surface area contributed by atoms with Crippen molar-refractivity contribution in [3.05, 3.63) is 114 Å². The van der Waals surface area contributed by atoms with Crippen LogP contribution in [0.3, 0.4) is 0 Å². The summed E-state index contributed by atoms with van der Waals surface area (Å²) in [6.45, 7) is 2.71. The van der Waals surface area contributed by atoms with Gasteiger partial charge in [-0.3, -0.25) is 9.59 Å². The van der Waals surface area contributed by atoms with Crippen LogP contribution in [-0.2, 0) is 36.5 Å². The summed E-state index contributed by atoms with van der Waals surface area (Å²) in [4.78, 5) is 59.7. The lowest BCUT2D eigenvalue weighted by Crippen LogP contribution is -2.51. The monoisotopic (exact) mass is 849 g/mol. The molecule has 0 saturated heterocycles. The van der Waals surface area contributed by atoms with E-state index in [4.69, 9.17) is 14.0 Å². The van der Waals surface area contributed by atoms with E-state index in [9.17, 15) is 46.2 Å². The highest BCUT2D eigenvalue weighted by Gasteiger charge is 2.37. The Kier molecular flexibility index (Phi) is 13.3. The maximum Gasteiger partial charge on any atom is 0.417 e. The summed E-state index contributed by atoms with van der Waals surface area (Å²) in [6.07, 6.45) is -2.47. The molecule has 4 aromatic rings. The van der Waals surface area contributed by atoms with Crippen molar-refractivity contribution >= 4 is 23.8 Å². The number of halogens is 5. The van der Waals surface area contributed by atoms with Gasteiger partial charge in [-0.15, -0.1) is 0 Å². The number of rotatable bonds is 17. The molecule has 1 aromatic heterocycles. The van der Waals surface area contributed by atoms with Crippen molar-refractivity contribution in [3.63, 3.8) is 0 Å². The van der Waals surface area contributed by atoms with E-state index in [0.717, 1.165) is 35.1 Å². The molecule has 61 heavy (non-hydrogen) atoms. The highest BCUT2D eigenvalue weighted by atomic mass is 19.4. The quantitative estimate of drug-likeness (QED) is 0.0713. The molecule has 15 nitrogen and oxygen atoms in total. The topological polar surface area (TPSA) is 201 Å². The molecule has 3 aromatic carbocycles. The minimum atomic E-state index is -4.85. The molecule has 0 bridgehead atoms. The number of esters is 1. The van der Waals surface area contributed by atoms with Crippen LogP contribution in [0.1, 0.15) is 49.6 Å². The number of nitrogens with zero attached hydrogens (tertiary/aromatic N) is 5. The Morgan fingerprint density at radius 2 is 1.66 bits per heavy atom. The minimum Gasteiger partial charge on any atom is -0.494 e. The summed E-state index contributed by atoms with van der Waals surface area (Å²) in [6, 6.07) is 12.2. The van der Waals surface area contributed by atoms with Gasteiger partial charge in [0.15, 0.2) is 23.2 Å². The van der Waals surface area contributed by atoms with Gasteiger partial charge in [-0.1, -0.05) is 48.5 Å². The maximum atomic E-state index is 14.6. The normalized spacial score (nSPS) is 13.0. The Hall–Kier alpha value is -7.25. The van der Waals surface area contributed by atoms with E-state index in [1.807, 2.05) is 0 Å². The molecule has 3 N–H and O–H groups in total. The van der Waals surface area contributed by atoms with E-state index >= 15 is 0 Å². The smallest absolute Gasteiger partial charge is 0.417 e. The van der Waals surface area contributed by atoms with E-state index in [0.29, 0.717) is 12.0 Å². The summed E-state index contributed by atoms with van der Waals surface area (Å²) in [7, 11) is 0. The van der Waals surface area contributed by atoms with Crippen molar-refractivity contribution < 1.29 is 60.2 Å². The summed E-state index contributed by atoms with van der Waals surface area (Å²) < 4.78 is 88.6. The lowest BCUT2D eigenvalue weighted by molar-refractivity contribution is -0.148. The van der Waals surface area contributed by atoms with Crippen LogP contribution < -0.4 is 15.4 Å². The number of carboxylic acids is 1. The Balaban J connectivity index is 1.22. The van der Waals surface area contributed by atoms with E-state index < -0.39 is 83.8 Å². The third-order valence-electron chi connectivity index (χ3n) is 9.05. The van der Waals surface area contributed by atoms with Gasteiger partial charge in [0.2, 0.25) is 17.9 Å². The van der Waals surface area contributed by atoms with Crippen molar-refractivity contribution in [2.24, 2.45) is 0 Å². The Morgan fingerprint density at radius 1 is 0.902 bits per heavy atom. The predicted molar refractivity (Wildman–Crippen MR) is 204 cm³/mol. The Labute approximate surface area is 343 Å². The van der Waals surface area contributed by atoms with E-state index in [-0.39, 0.29) is 53.0 Å². The Bertz CT molecular complexity index is 2490.